The van der Waals surface area contributed by atoms with Crippen LogP contribution in [-0.4, -0.2) is 55.7 Å². The molecule has 154 valence electrons. The zero-order chi connectivity index (χ0) is 20.8. The monoisotopic (exact) mass is 389 g/mol. The Bertz CT molecular complexity index is 466. The van der Waals surface area contributed by atoms with E-state index in [4.69, 9.17) is 14.3 Å². The third-order valence-electron chi connectivity index (χ3n) is 4.85. The second-order valence-corrected chi connectivity index (χ2v) is 14.3. The second-order valence-electron chi connectivity index (χ2n) is 9.46. The number of carbonyl (C=O) groups is 2. The molecule has 0 aliphatic carbocycles. The van der Waals surface area contributed by atoms with Crippen LogP contribution < -0.4 is 0 Å². The van der Waals surface area contributed by atoms with Gasteiger partial charge in [-0.3, -0.25) is 4.79 Å². The van der Waals surface area contributed by atoms with Crippen molar-refractivity contribution in [3.63, 3.8) is 0 Å². The highest BCUT2D eigenvalue weighted by Gasteiger charge is 2.38. The van der Waals surface area contributed by atoms with Crippen molar-refractivity contribution in [3.8, 4) is 0 Å². The van der Waals surface area contributed by atoms with Gasteiger partial charge in [0.2, 0.25) is 0 Å². The Morgan fingerprint density at radius 3 is 2.04 bits per heavy atom. The number of nitrogens with zero attached hydrogens (tertiary/aromatic N) is 1. The molecule has 0 spiro atoms. The van der Waals surface area contributed by atoms with Crippen LogP contribution in [-0.2, 0) is 14.0 Å². The number of carbonyl (C=O) groups excluding carboxylic acids is 1. The molecule has 0 radical (unpaired) electrons. The Hall–Kier alpha value is -1.08. The fourth-order valence-electron chi connectivity index (χ4n) is 2.05. The van der Waals surface area contributed by atoms with E-state index in [9.17, 15) is 9.59 Å². The van der Waals surface area contributed by atoms with Crippen molar-refractivity contribution in [1.82, 2.24) is 4.90 Å². The maximum absolute atomic E-state index is 12.4. The first-order valence-corrected chi connectivity index (χ1v) is 12.3. The van der Waals surface area contributed by atoms with Crippen molar-refractivity contribution in [1.29, 1.82) is 0 Å². The number of amides is 1. The van der Waals surface area contributed by atoms with E-state index in [1.165, 1.54) is 0 Å². The first-order chi connectivity index (χ1) is 11.6. The van der Waals surface area contributed by atoms with Gasteiger partial charge in [-0.15, -0.1) is 0 Å². The van der Waals surface area contributed by atoms with Crippen LogP contribution in [0.3, 0.4) is 0 Å². The number of hydrogen-bond donors (Lipinski definition) is 1. The molecule has 6 nitrogen and oxygen atoms in total. The Kier molecular flexibility index (Phi) is 9.33. The van der Waals surface area contributed by atoms with Crippen molar-refractivity contribution >= 4 is 20.4 Å². The molecule has 0 aromatic rings. The molecule has 0 bridgehead atoms. The molecule has 0 aliphatic rings. The van der Waals surface area contributed by atoms with E-state index in [-0.39, 0.29) is 23.6 Å². The smallest absolute Gasteiger partial charge is 0.410 e. The molecule has 0 fully saturated rings. The molecule has 0 heterocycles. The molecular formula is C19H39NO5Si. The molecule has 0 rings (SSSR count). The summed E-state index contributed by atoms with van der Waals surface area (Å²) in [5, 5.41) is 8.89. The predicted octanol–water partition coefficient (Wildman–Crippen LogP) is 4.89. The molecule has 0 unspecified atom stereocenters. The standard InChI is InChI=1S/C19H39NO5Si/c1-18(2,3)25-17(23)20(7)15(12-10-11-13-16(21)22)14-24-26(8,9)19(4,5)6/h15H,10-14H2,1-9H3,(H,21,22)/t15-/m0/s1. The maximum Gasteiger partial charge on any atom is 0.410 e. The van der Waals surface area contributed by atoms with Gasteiger partial charge in [0.25, 0.3) is 0 Å². The van der Waals surface area contributed by atoms with E-state index in [2.05, 4.69) is 33.9 Å². The van der Waals surface area contributed by atoms with Gasteiger partial charge in [-0.05, 0) is 51.7 Å². The zero-order valence-corrected chi connectivity index (χ0v) is 19.1. The lowest BCUT2D eigenvalue weighted by atomic mass is 10.1. The van der Waals surface area contributed by atoms with Crippen molar-refractivity contribution in [2.45, 2.75) is 97.0 Å². The minimum Gasteiger partial charge on any atom is -0.481 e. The van der Waals surface area contributed by atoms with Crippen LogP contribution in [0, 0.1) is 0 Å². The summed E-state index contributed by atoms with van der Waals surface area (Å²) in [5.74, 6) is -0.792. The number of ether oxygens (including phenoxy) is 1. The lowest BCUT2D eigenvalue weighted by Crippen LogP contribution is -2.47. The maximum atomic E-state index is 12.4. The summed E-state index contributed by atoms with van der Waals surface area (Å²) in [6, 6.07) is -0.132. The van der Waals surface area contributed by atoms with Crippen LogP contribution >= 0.6 is 0 Å². The van der Waals surface area contributed by atoms with Gasteiger partial charge in [-0.2, -0.15) is 0 Å². The Morgan fingerprint density at radius 1 is 1.08 bits per heavy atom. The molecule has 26 heavy (non-hydrogen) atoms. The van der Waals surface area contributed by atoms with Gasteiger partial charge in [-0.25, -0.2) is 4.79 Å². The molecule has 0 saturated carbocycles. The predicted molar refractivity (Wildman–Crippen MR) is 107 cm³/mol. The van der Waals surface area contributed by atoms with Gasteiger partial charge in [0, 0.05) is 13.5 Å². The molecule has 1 N–H and O–H groups in total. The molecule has 7 heteroatoms. The van der Waals surface area contributed by atoms with E-state index < -0.39 is 19.9 Å². The van der Waals surface area contributed by atoms with Gasteiger partial charge >= 0.3 is 12.1 Å². The zero-order valence-electron chi connectivity index (χ0n) is 18.1. The third-order valence-corrected chi connectivity index (χ3v) is 9.35. The van der Waals surface area contributed by atoms with Gasteiger partial charge in [0.1, 0.15) is 5.60 Å². The van der Waals surface area contributed by atoms with Crippen molar-refractivity contribution in [2.24, 2.45) is 0 Å². The first-order valence-electron chi connectivity index (χ1n) is 9.38. The van der Waals surface area contributed by atoms with E-state index in [1.807, 2.05) is 20.8 Å². The minimum absolute atomic E-state index is 0.0886. The number of hydrogen-bond acceptors (Lipinski definition) is 4. The fourth-order valence-corrected chi connectivity index (χ4v) is 3.09. The van der Waals surface area contributed by atoms with E-state index in [1.54, 1.807) is 11.9 Å². The summed E-state index contributed by atoms with van der Waals surface area (Å²) < 4.78 is 11.8. The van der Waals surface area contributed by atoms with Crippen LogP contribution in [0.25, 0.3) is 0 Å². The quantitative estimate of drug-likeness (QED) is 0.449. The Balaban J connectivity index is 4.98. The van der Waals surface area contributed by atoms with E-state index >= 15 is 0 Å². The molecule has 0 aliphatic heterocycles. The summed E-state index contributed by atoms with van der Waals surface area (Å²) in [4.78, 5) is 24.7. The highest BCUT2D eigenvalue weighted by Crippen LogP contribution is 2.36. The van der Waals surface area contributed by atoms with Crippen LogP contribution in [0.4, 0.5) is 4.79 Å². The average molecular weight is 390 g/mol. The number of aliphatic carboxylic acids is 1. The molecule has 1 atom stereocenters. The van der Waals surface area contributed by atoms with Gasteiger partial charge < -0.3 is 19.2 Å². The fraction of sp³-hybridized carbons (Fsp3) is 0.895. The molecule has 1 amide bonds. The van der Waals surface area contributed by atoms with Gasteiger partial charge in [0.15, 0.2) is 8.32 Å². The summed E-state index contributed by atoms with van der Waals surface area (Å²) in [7, 11) is -0.206. The third kappa shape index (κ3) is 9.57. The van der Waals surface area contributed by atoms with E-state index in [0.717, 1.165) is 6.42 Å². The van der Waals surface area contributed by atoms with Crippen LogP contribution in [0.2, 0.25) is 18.1 Å². The normalized spacial score (nSPS) is 14.0. The number of carboxylic acids is 1. The summed E-state index contributed by atoms with van der Waals surface area (Å²) in [5.41, 5.74) is -0.556. The second kappa shape index (κ2) is 9.74. The molecule has 0 aromatic heterocycles. The topological polar surface area (TPSA) is 76.1 Å². The van der Waals surface area contributed by atoms with E-state index in [0.29, 0.717) is 19.4 Å². The number of rotatable bonds is 9. The SMILES string of the molecule is CN(C(=O)OC(C)(C)C)[C@@H](CCCCC(=O)O)CO[Si](C)(C)C(C)(C)C. The van der Waals surface area contributed by atoms with Gasteiger partial charge in [0.05, 0.1) is 12.6 Å². The van der Waals surface area contributed by atoms with Gasteiger partial charge in [-0.1, -0.05) is 27.2 Å². The summed E-state index contributed by atoms with van der Waals surface area (Å²) in [6.07, 6.45) is 1.78. The summed E-state index contributed by atoms with van der Waals surface area (Å²) >= 11 is 0. The summed E-state index contributed by atoms with van der Waals surface area (Å²) in [6.45, 7) is 16.9. The van der Waals surface area contributed by atoms with Crippen molar-refractivity contribution in [2.75, 3.05) is 13.7 Å². The van der Waals surface area contributed by atoms with Crippen molar-refractivity contribution in [3.05, 3.63) is 0 Å². The highest BCUT2D eigenvalue weighted by molar-refractivity contribution is 6.74. The average Bonchev–Trinajstić information content (AvgIpc) is 2.42. The number of carboxylic acid groups (broad SMARTS) is 1. The molecular weight excluding hydrogens is 350 g/mol. The number of likely N-dealkylation sites (N-methyl/N-ethyl adjacent to an activating group) is 1. The molecule has 0 saturated heterocycles. The lowest BCUT2D eigenvalue weighted by molar-refractivity contribution is -0.137. The van der Waals surface area contributed by atoms with Crippen molar-refractivity contribution < 1.29 is 23.9 Å². The Labute approximate surface area is 160 Å². The highest BCUT2D eigenvalue weighted by atomic mass is 28.4. The lowest BCUT2D eigenvalue weighted by Gasteiger charge is -2.39. The Morgan fingerprint density at radius 2 is 1.62 bits per heavy atom. The van der Waals surface area contributed by atoms with Crippen LogP contribution in [0.1, 0.15) is 67.2 Å². The van der Waals surface area contributed by atoms with Crippen LogP contribution in [0.15, 0.2) is 0 Å². The minimum atomic E-state index is -1.93. The largest absolute Gasteiger partial charge is 0.481 e. The first kappa shape index (κ1) is 24.9. The molecule has 0 aromatic carbocycles. The number of unbranched alkanes of at least 4 members (excludes halogenated alkanes) is 1. The van der Waals surface area contributed by atoms with Crippen LogP contribution in [0.5, 0.6) is 0 Å².